The summed E-state index contributed by atoms with van der Waals surface area (Å²) in [6.45, 7) is 4.19. The Morgan fingerprint density at radius 2 is 1.94 bits per heavy atom. The number of hydrogen-bond donors (Lipinski definition) is 2. The predicted octanol–water partition coefficient (Wildman–Crippen LogP) is 4.55. The van der Waals surface area contributed by atoms with Crippen LogP contribution in [0.1, 0.15) is 12.6 Å². The third-order valence-corrected chi connectivity index (χ3v) is 6.30. The van der Waals surface area contributed by atoms with Gasteiger partial charge in [-0.1, -0.05) is 0 Å². The number of thioether (sulfide) groups is 1. The van der Waals surface area contributed by atoms with Crippen LogP contribution in [0.2, 0.25) is 0 Å². The van der Waals surface area contributed by atoms with Crippen molar-refractivity contribution in [2.45, 2.75) is 23.6 Å². The number of anilines is 2. The first-order valence-electron chi connectivity index (χ1n) is 10.7. The van der Waals surface area contributed by atoms with Crippen molar-refractivity contribution < 1.29 is 13.9 Å². The Morgan fingerprint density at radius 1 is 1.18 bits per heavy atom. The Labute approximate surface area is 196 Å². The number of nitrogens with zero attached hydrogens (tertiary/aromatic N) is 3. The molecule has 1 aromatic heterocycles. The maximum absolute atomic E-state index is 13.2. The average Bonchev–Trinajstić information content (AvgIpc) is 2.84. The molecule has 4 rings (SSSR count). The summed E-state index contributed by atoms with van der Waals surface area (Å²) in [6, 6.07) is 15.8. The molecule has 2 heterocycles. The minimum Gasteiger partial charge on any atom is -0.377 e. The summed E-state index contributed by atoms with van der Waals surface area (Å²) >= 11 is 1.60. The monoisotopic (exact) mass is 467 g/mol. The summed E-state index contributed by atoms with van der Waals surface area (Å²) in [7, 11) is 1.57. The number of nitrogens with one attached hydrogen (secondary N) is 2. The van der Waals surface area contributed by atoms with E-state index in [2.05, 4.69) is 22.5 Å². The standard InChI is InChI=1S/C24H26FN5O2S/c1-16-14-32-12-11-30(16)22-13-20(15-33-21-9-5-18(25)6-10-21)27-23(29-22)17-3-7-19(8-4-17)28-24(31)26-2/h3-10,13,16H,11-12,14-15H2,1-2H3,(H2,26,28,31)/t16-/m0/s1. The zero-order valence-electron chi connectivity index (χ0n) is 18.5. The maximum Gasteiger partial charge on any atom is 0.318 e. The number of carbonyl (C=O) groups is 1. The Bertz CT molecular complexity index is 1100. The molecule has 0 saturated carbocycles. The Morgan fingerprint density at radius 3 is 2.64 bits per heavy atom. The highest BCUT2D eigenvalue weighted by molar-refractivity contribution is 7.98. The normalized spacial score (nSPS) is 15.8. The summed E-state index contributed by atoms with van der Waals surface area (Å²) in [4.78, 5) is 24.4. The van der Waals surface area contributed by atoms with E-state index < -0.39 is 0 Å². The molecule has 0 aliphatic carbocycles. The first-order chi connectivity index (χ1) is 16.0. The third kappa shape index (κ3) is 6.00. The molecule has 2 amide bonds. The molecule has 1 atom stereocenters. The molecular formula is C24H26FN5O2S. The van der Waals surface area contributed by atoms with Gasteiger partial charge in [0.25, 0.3) is 0 Å². The molecular weight excluding hydrogens is 441 g/mol. The molecule has 0 unspecified atom stereocenters. The van der Waals surface area contributed by atoms with Gasteiger partial charge in [0, 0.05) is 41.6 Å². The Kier molecular flexibility index (Phi) is 7.41. The van der Waals surface area contributed by atoms with Crippen LogP contribution in [0.3, 0.4) is 0 Å². The number of carbonyl (C=O) groups excluding carboxylic acids is 1. The Hall–Kier alpha value is -3.17. The van der Waals surface area contributed by atoms with E-state index in [0.717, 1.165) is 28.5 Å². The van der Waals surface area contributed by atoms with Crippen molar-refractivity contribution in [1.82, 2.24) is 15.3 Å². The first-order valence-corrected chi connectivity index (χ1v) is 11.7. The van der Waals surface area contributed by atoms with Gasteiger partial charge in [0.2, 0.25) is 0 Å². The predicted molar refractivity (Wildman–Crippen MR) is 129 cm³/mol. The highest BCUT2D eigenvalue weighted by Crippen LogP contribution is 2.28. The second-order valence-corrected chi connectivity index (χ2v) is 8.73. The molecule has 1 saturated heterocycles. The van der Waals surface area contributed by atoms with Crippen molar-refractivity contribution in [2.24, 2.45) is 0 Å². The zero-order valence-corrected chi connectivity index (χ0v) is 19.4. The van der Waals surface area contributed by atoms with E-state index in [0.29, 0.717) is 30.5 Å². The third-order valence-electron chi connectivity index (χ3n) is 5.26. The van der Waals surface area contributed by atoms with Gasteiger partial charge in [-0.15, -0.1) is 11.8 Å². The highest BCUT2D eigenvalue weighted by Gasteiger charge is 2.22. The number of hydrogen-bond acceptors (Lipinski definition) is 6. The lowest BCUT2D eigenvalue weighted by Gasteiger charge is -2.34. The molecule has 2 aromatic carbocycles. The summed E-state index contributed by atoms with van der Waals surface area (Å²) in [6.07, 6.45) is 0. The molecule has 172 valence electrons. The fourth-order valence-electron chi connectivity index (χ4n) is 3.49. The fraction of sp³-hybridized carbons (Fsp3) is 0.292. The number of aromatic nitrogens is 2. The maximum atomic E-state index is 13.2. The molecule has 2 N–H and O–H groups in total. The summed E-state index contributed by atoms with van der Waals surface area (Å²) in [5, 5.41) is 5.28. The number of morpholine rings is 1. The largest absolute Gasteiger partial charge is 0.377 e. The lowest BCUT2D eigenvalue weighted by molar-refractivity contribution is 0.0985. The molecule has 7 nitrogen and oxygen atoms in total. The van der Waals surface area contributed by atoms with E-state index in [4.69, 9.17) is 14.7 Å². The van der Waals surface area contributed by atoms with Gasteiger partial charge in [-0.05, 0) is 55.5 Å². The lowest BCUT2D eigenvalue weighted by atomic mass is 10.2. The SMILES string of the molecule is CNC(=O)Nc1ccc(-c2nc(CSc3ccc(F)cc3)cc(N3CCOC[C@@H]3C)n2)cc1. The van der Waals surface area contributed by atoms with Crippen LogP contribution >= 0.6 is 11.8 Å². The van der Waals surface area contributed by atoms with Crippen molar-refractivity contribution in [3.63, 3.8) is 0 Å². The van der Waals surface area contributed by atoms with Crippen molar-refractivity contribution in [3.05, 3.63) is 66.1 Å². The number of ether oxygens (including phenoxy) is 1. The van der Waals surface area contributed by atoms with Crippen molar-refractivity contribution >= 4 is 29.3 Å². The van der Waals surface area contributed by atoms with Gasteiger partial charge >= 0.3 is 6.03 Å². The van der Waals surface area contributed by atoms with Crippen LogP contribution in [0.5, 0.6) is 0 Å². The molecule has 9 heteroatoms. The zero-order chi connectivity index (χ0) is 23.2. The second-order valence-electron chi connectivity index (χ2n) is 7.68. The molecule has 1 fully saturated rings. The molecule has 0 radical (unpaired) electrons. The van der Waals surface area contributed by atoms with Crippen molar-refractivity contribution in [1.29, 1.82) is 0 Å². The van der Waals surface area contributed by atoms with E-state index in [1.165, 1.54) is 12.1 Å². The first kappa shape index (κ1) is 23.0. The summed E-state index contributed by atoms with van der Waals surface area (Å²) < 4.78 is 18.8. The van der Waals surface area contributed by atoms with Crippen LogP contribution in [0.4, 0.5) is 20.7 Å². The molecule has 0 spiro atoms. The van der Waals surface area contributed by atoms with Gasteiger partial charge in [0.1, 0.15) is 11.6 Å². The topological polar surface area (TPSA) is 79.4 Å². The van der Waals surface area contributed by atoms with E-state index >= 15 is 0 Å². The molecule has 1 aliphatic rings. The van der Waals surface area contributed by atoms with Crippen molar-refractivity contribution in [2.75, 3.05) is 37.0 Å². The van der Waals surface area contributed by atoms with Crippen molar-refractivity contribution in [3.8, 4) is 11.4 Å². The van der Waals surface area contributed by atoms with Crippen LogP contribution in [-0.2, 0) is 10.5 Å². The molecule has 3 aromatic rings. The van der Waals surface area contributed by atoms with Crippen LogP contribution < -0.4 is 15.5 Å². The number of halogens is 1. The van der Waals surface area contributed by atoms with Gasteiger partial charge in [0.05, 0.1) is 24.9 Å². The average molecular weight is 468 g/mol. The Balaban J connectivity index is 1.62. The number of rotatable bonds is 6. The van der Waals surface area contributed by atoms with Crippen LogP contribution in [-0.4, -0.2) is 48.8 Å². The van der Waals surface area contributed by atoms with E-state index in [-0.39, 0.29) is 17.9 Å². The lowest BCUT2D eigenvalue weighted by Crippen LogP contribution is -2.44. The number of benzene rings is 2. The van der Waals surface area contributed by atoms with E-state index in [1.807, 2.05) is 30.3 Å². The molecule has 33 heavy (non-hydrogen) atoms. The molecule has 0 bridgehead atoms. The quantitative estimate of drug-likeness (QED) is 0.518. The summed E-state index contributed by atoms with van der Waals surface area (Å²) in [5.74, 6) is 1.86. The van der Waals surface area contributed by atoms with Gasteiger partial charge in [-0.2, -0.15) is 0 Å². The molecule has 1 aliphatic heterocycles. The van der Waals surface area contributed by atoms with Crippen LogP contribution in [0.15, 0.2) is 59.5 Å². The van der Waals surface area contributed by atoms with Crippen LogP contribution in [0, 0.1) is 5.82 Å². The second kappa shape index (κ2) is 10.6. The minimum atomic E-state index is -0.276. The van der Waals surface area contributed by atoms with Crippen LogP contribution in [0.25, 0.3) is 11.4 Å². The minimum absolute atomic E-state index is 0.207. The highest BCUT2D eigenvalue weighted by atomic mass is 32.2. The van der Waals surface area contributed by atoms with Gasteiger partial charge in [-0.25, -0.2) is 19.2 Å². The van der Waals surface area contributed by atoms with Gasteiger partial charge in [0.15, 0.2) is 5.82 Å². The number of urea groups is 1. The summed E-state index contributed by atoms with van der Waals surface area (Å²) in [5.41, 5.74) is 2.42. The fourth-order valence-corrected chi connectivity index (χ4v) is 4.28. The van der Waals surface area contributed by atoms with Gasteiger partial charge in [-0.3, -0.25) is 0 Å². The van der Waals surface area contributed by atoms with E-state index in [1.54, 1.807) is 30.9 Å². The smallest absolute Gasteiger partial charge is 0.318 e. The van der Waals surface area contributed by atoms with E-state index in [9.17, 15) is 9.18 Å². The van der Waals surface area contributed by atoms with Gasteiger partial charge < -0.3 is 20.3 Å². The number of amides is 2.